The van der Waals surface area contributed by atoms with E-state index in [0.29, 0.717) is 0 Å². The van der Waals surface area contributed by atoms with Gasteiger partial charge in [-0.3, -0.25) is 0 Å². The second kappa shape index (κ2) is 32.3. The molecule has 0 aromatic rings. The molecule has 6 nitrogen and oxygen atoms in total. The summed E-state index contributed by atoms with van der Waals surface area (Å²) in [6.45, 7) is 11.2. The lowest BCUT2D eigenvalue weighted by Crippen LogP contribution is -2.37. The Hall–Kier alpha value is -1.98. The van der Waals surface area contributed by atoms with Gasteiger partial charge in [-0.1, -0.05) is 6.08 Å². The highest BCUT2D eigenvalue weighted by Gasteiger charge is 1.27. The molecule has 0 spiro atoms. The molecule has 0 aromatic heterocycles. The van der Waals surface area contributed by atoms with E-state index in [9.17, 15) is 0 Å². The monoisotopic (exact) mass is 190 g/mol. The lowest BCUT2D eigenvalue weighted by atomic mass is 10.8. The minimum absolute atomic E-state index is 1.75. The quantitative estimate of drug-likeness (QED) is 0.377. The maximum Gasteiger partial charge on any atom is -0.0431 e. The van der Waals surface area contributed by atoms with Crippen molar-refractivity contribution in [3.8, 4) is 0 Å². The molecule has 78 valence electrons. The number of carbonyl (C=O) groups is 2. The van der Waals surface area contributed by atoms with Crippen molar-refractivity contribution in [3.05, 3.63) is 25.8 Å². The molecule has 0 heterocycles. The standard InChI is InChI=1S/C3H6.C2H4.2CH2O3/c1-3-2;1-2;2*2-1(3)4/h3H,1H2,2H3;1-2H2;2*(H2,2,3,4)/p-4. The molecule has 0 radical (unpaired) electrons. The van der Waals surface area contributed by atoms with Gasteiger partial charge in [0.1, 0.15) is 0 Å². The average Bonchev–Trinajstić information content (AvgIpc) is 1.89. The van der Waals surface area contributed by atoms with Crippen molar-refractivity contribution in [1.82, 2.24) is 0 Å². The number of allylic oxidation sites excluding steroid dienone is 1. The van der Waals surface area contributed by atoms with Crippen LogP contribution in [0.5, 0.6) is 0 Å². The fourth-order valence-corrected chi connectivity index (χ4v) is 0. The lowest BCUT2D eigenvalue weighted by molar-refractivity contribution is -0.417. The minimum Gasteiger partial charge on any atom is -0.652 e. The summed E-state index contributed by atoms with van der Waals surface area (Å²) in [7, 11) is 0. The van der Waals surface area contributed by atoms with Gasteiger partial charge in [0.15, 0.2) is 0 Å². The molecule has 0 saturated carbocycles. The Morgan fingerprint density at radius 2 is 1.00 bits per heavy atom. The SMILES string of the molecule is C=C.C=CC.O=C([O-])[O-].O=C([O-])[O-]. The molecule has 0 aromatic carbocycles. The van der Waals surface area contributed by atoms with Crippen LogP contribution in [0.15, 0.2) is 25.8 Å². The predicted octanol–water partition coefficient (Wildman–Crippen LogP) is -2.90. The Morgan fingerprint density at radius 1 is 1.00 bits per heavy atom. The van der Waals surface area contributed by atoms with Crippen LogP contribution in [0.25, 0.3) is 0 Å². The zero-order valence-corrected chi connectivity index (χ0v) is 7.15. The van der Waals surface area contributed by atoms with Crippen LogP contribution in [0.2, 0.25) is 0 Å². The number of rotatable bonds is 0. The molecule has 0 atom stereocenters. The Bertz CT molecular complexity index is 111. The molecule has 0 fully saturated rings. The third-order valence-electron chi connectivity index (χ3n) is 0. The molecule has 0 rings (SSSR count). The topological polar surface area (TPSA) is 126 Å². The van der Waals surface area contributed by atoms with E-state index >= 15 is 0 Å². The van der Waals surface area contributed by atoms with Gasteiger partial charge in [-0.2, -0.15) is 0 Å². The van der Waals surface area contributed by atoms with E-state index in [1.54, 1.807) is 6.08 Å². The maximum absolute atomic E-state index is 8.33. The molecular formula is C7H10O6-4. The molecule has 6 heteroatoms. The van der Waals surface area contributed by atoms with Gasteiger partial charge in [-0.15, -0.1) is 19.7 Å². The Morgan fingerprint density at radius 3 is 1.00 bits per heavy atom. The van der Waals surface area contributed by atoms with Crippen LogP contribution < -0.4 is 20.4 Å². The first-order valence-corrected chi connectivity index (χ1v) is 2.71. The molecule has 13 heavy (non-hydrogen) atoms. The summed E-state index contributed by atoms with van der Waals surface area (Å²) >= 11 is 0. The summed E-state index contributed by atoms with van der Waals surface area (Å²) in [5, 5.41) is 33.3. The number of hydrogen-bond donors (Lipinski definition) is 0. The van der Waals surface area contributed by atoms with Crippen molar-refractivity contribution < 1.29 is 30.0 Å². The zero-order chi connectivity index (χ0) is 11.9. The minimum atomic E-state index is -2.33. The Balaban J connectivity index is -0.0000000431. The lowest BCUT2D eigenvalue weighted by Gasteiger charge is -1.96. The third-order valence-corrected chi connectivity index (χ3v) is 0. The molecule has 0 N–H and O–H groups in total. The van der Waals surface area contributed by atoms with Crippen molar-refractivity contribution in [2.45, 2.75) is 6.92 Å². The molecule has 0 bridgehead atoms. The number of carboxylic acid groups (broad SMARTS) is 4. The van der Waals surface area contributed by atoms with Crippen molar-refractivity contribution in [2.75, 3.05) is 0 Å². The van der Waals surface area contributed by atoms with Crippen LogP contribution in [-0.2, 0) is 0 Å². The molecule has 0 saturated heterocycles. The fourth-order valence-electron chi connectivity index (χ4n) is 0. The van der Waals surface area contributed by atoms with Crippen molar-refractivity contribution in [3.63, 3.8) is 0 Å². The summed E-state index contributed by atoms with van der Waals surface area (Å²) in [6.07, 6.45) is -2.92. The Labute approximate surface area is 76.1 Å². The fraction of sp³-hybridized carbons (Fsp3) is 0.143. The van der Waals surface area contributed by atoms with Gasteiger partial charge in [0.05, 0.1) is 0 Å². The number of carbonyl (C=O) groups excluding carboxylic acids is 2. The van der Waals surface area contributed by atoms with E-state index < -0.39 is 12.3 Å². The van der Waals surface area contributed by atoms with E-state index in [4.69, 9.17) is 30.0 Å². The summed E-state index contributed by atoms with van der Waals surface area (Å²) in [4.78, 5) is 16.7. The highest BCUT2D eigenvalue weighted by Crippen LogP contribution is 1.38. The number of hydrogen-bond acceptors (Lipinski definition) is 6. The highest BCUT2D eigenvalue weighted by molar-refractivity contribution is 5.47. The molecule has 0 unspecified atom stereocenters. The first-order chi connectivity index (χ1) is 5.88. The summed E-state index contributed by atoms with van der Waals surface area (Å²) in [6, 6.07) is 0. The average molecular weight is 190 g/mol. The van der Waals surface area contributed by atoms with Crippen LogP contribution in [0.1, 0.15) is 6.92 Å². The molecule has 0 aliphatic carbocycles. The van der Waals surface area contributed by atoms with E-state index in [0.717, 1.165) is 0 Å². The van der Waals surface area contributed by atoms with E-state index in [1.165, 1.54) is 0 Å². The van der Waals surface area contributed by atoms with Crippen LogP contribution >= 0.6 is 0 Å². The van der Waals surface area contributed by atoms with Crippen molar-refractivity contribution >= 4 is 12.3 Å². The van der Waals surface area contributed by atoms with Gasteiger partial charge >= 0.3 is 0 Å². The third kappa shape index (κ3) is 164. The van der Waals surface area contributed by atoms with E-state index in [2.05, 4.69) is 19.7 Å². The van der Waals surface area contributed by atoms with Gasteiger partial charge in [0.25, 0.3) is 0 Å². The van der Waals surface area contributed by atoms with E-state index in [1.807, 2.05) is 6.92 Å². The van der Waals surface area contributed by atoms with Gasteiger partial charge in [0.2, 0.25) is 0 Å². The smallest absolute Gasteiger partial charge is 0.0431 e. The second-order valence-corrected chi connectivity index (χ2v) is 0.908. The summed E-state index contributed by atoms with van der Waals surface area (Å²) in [5.41, 5.74) is 0. The van der Waals surface area contributed by atoms with Crippen molar-refractivity contribution in [2.24, 2.45) is 0 Å². The van der Waals surface area contributed by atoms with Crippen LogP contribution in [-0.4, -0.2) is 12.3 Å². The maximum atomic E-state index is 8.33. The summed E-state index contributed by atoms with van der Waals surface area (Å²) < 4.78 is 0. The molecule has 0 amide bonds. The highest BCUT2D eigenvalue weighted by atomic mass is 16.6. The summed E-state index contributed by atoms with van der Waals surface area (Å²) in [5.74, 6) is 0. The molecular weight excluding hydrogens is 180 g/mol. The zero-order valence-electron chi connectivity index (χ0n) is 7.15. The Kier molecular flexibility index (Phi) is 55.9. The second-order valence-electron chi connectivity index (χ2n) is 0.908. The van der Waals surface area contributed by atoms with Crippen LogP contribution in [0.3, 0.4) is 0 Å². The van der Waals surface area contributed by atoms with E-state index in [-0.39, 0.29) is 0 Å². The largest absolute Gasteiger partial charge is 0.652 e. The van der Waals surface area contributed by atoms with Gasteiger partial charge in [0, 0.05) is 0 Å². The van der Waals surface area contributed by atoms with Gasteiger partial charge < -0.3 is 30.0 Å². The van der Waals surface area contributed by atoms with Crippen LogP contribution in [0, 0.1) is 0 Å². The van der Waals surface area contributed by atoms with Gasteiger partial charge in [-0.05, 0) is 19.2 Å². The predicted molar refractivity (Wildman–Crippen MR) is 37.9 cm³/mol. The normalized spacial score (nSPS) is 5.00. The van der Waals surface area contributed by atoms with Crippen LogP contribution in [0.4, 0.5) is 9.59 Å². The van der Waals surface area contributed by atoms with Gasteiger partial charge in [-0.25, -0.2) is 0 Å². The molecule has 0 aliphatic heterocycles. The first-order valence-electron chi connectivity index (χ1n) is 2.71. The van der Waals surface area contributed by atoms with Crippen molar-refractivity contribution in [1.29, 1.82) is 0 Å². The first kappa shape index (κ1) is 22.5. The molecule has 0 aliphatic rings.